The van der Waals surface area contributed by atoms with Crippen LogP contribution in [0.2, 0.25) is 0 Å². The molecular formula is C26H31N3O5. The Kier molecular flexibility index (Phi) is 7.07. The van der Waals surface area contributed by atoms with Crippen LogP contribution in [0.25, 0.3) is 11.3 Å². The van der Waals surface area contributed by atoms with Crippen LogP contribution in [0.5, 0.6) is 17.2 Å². The summed E-state index contributed by atoms with van der Waals surface area (Å²) in [6.07, 6.45) is 0.691. The molecule has 8 heteroatoms. The summed E-state index contributed by atoms with van der Waals surface area (Å²) in [6.45, 7) is 7.87. The maximum atomic E-state index is 13.4. The van der Waals surface area contributed by atoms with Crippen molar-refractivity contribution >= 4 is 5.91 Å². The fourth-order valence-corrected chi connectivity index (χ4v) is 4.44. The molecule has 1 aromatic heterocycles. The summed E-state index contributed by atoms with van der Waals surface area (Å²) in [5.74, 6) is 1.27. The fraction of sp³-hybridized carbons (Fsp3) is 0.385. The second-order valence-electron chi connectivity index (χ2n) is 8.20. The highest BCUT2D eigenvalue weighted by molar-refractivity contribution is 6.00. The van der Waals surface area contributed by atoms with Crippen molar-refractivity contribution in [1.29, 1.82) is 0 Å². The zero-order chi connectivity index (χ0) is 24.2. The van der Waals surface area contributed by atoms with Gasteiger partial charge < -0.3 is 24.2 Å². The highest BCUT2D eigenvalue weighted by atomic mass is 16.5. The van der Waals surface area contributed by atoms with E-state index in [0.29, 0.717) is 61.2 Å². The molecule has 0 aliphatic carbocycles. The summed E-state index contributed by atoms with van der Waals surface area (Å²) in [5, 5.41) is 18.0. The predicted octanol–water partition coefficient (Wildman–Crippen LogP) is 4.47. The van der Waals surface area contributed by atoms with Gasteiger partial charge in [-0.05, 0) is 57.0 Å². The van der Waals surface area contributed by atoms with E-state index in [9.17, 15) is 9.90 Å². The number of carbonyl (C=O) groups is 1. The molecule has 180 valence electrons. The van der Waals surface area contributed by atoms with E-state index in [0.717, 1.165) is 16.7 Å². The molecule has 2 heterocycles. The van der Waals surface area contributed by atoms with Gasteiger partial charge >= 0.3 is 0 Å². The molecule has 4 rings (SSSR count). The van der Waals surface area contributed by atoms with Crippen molar-refractivity contribution in [3.63, 3.8) is 0 Å². The van der Waals surface area contributed by atoms with Crippen LogP contribution in [0.15, 0.2) is 36.4 Å². The lowest BCUT2D eigenvalue weighted by atomic mass is 9.94. The molecule has 1 aliphatic heterocycles. The van der Waals surface area contributed by atoms with E-state index in [2.05, 4.69) is 10.2 Å². The Hall–Kier alpha value is -3.52. The molecule has 8 nitrogen and oxygen atoms in total. The first-order valence-corrected chi connectivity index (χ1v) is 11.6. The lowest BCUT2D eigenvalue weighted by Gasteiger charge is -2.27. The summed E-state index contributed by atoms with van der Waals surface area (Å²) in [4.78, 5) is 15.3. The largest absolute Gasteiger partial charge is 0.507 e. The quantitative estimate of drug-likeness (QED) is 0.429. The van der Waals surface area contributed by atoms with Crippen LogP contribution in [-0.2, 0) is 4.74 Å². The molecule has 1 atom stereocenters. The number of amides is 1. The number of carbonyl (C=O) groups excluding carboxylic acids is 1. The van der Waals surface area contributed by atoms with Gasteiger partial charge in [0.1, 0.15) is 17.1 Å². The predicted molar refractivity (Wildman–Crippen MR) is 129 cm³/mol. The van der Waals surface area contributed by atoms with Crippen LogP contribution >= 0.6 is 0 Å². The molecule has 1 aliphatic rings. The van der Waals surface area contributed by atoms with Gasteiger partial charge in [-0.3, -0.25) is 9.89 Å². The molecule has 3 aromatic rings. The third-order valence-electron chi connectivity index (χ3n) is 5.90. The molecule has 0 unspecified atom stereocenters. The van der Waals surface area contributed by atoms with Crippen molar-refractivity contribution in [2.45, 2.75) is 33.2 Å². The minimum atomic E-state index is -0.400. The number of fused-ring (bicyclic) bond motifs is 1. The first-order valence-electron chi connectivity index (χ1n) is 11.6. The maximum absolute atomic E-state index is 13.4. The summed E-state index contributed by atoms with van der Waals surface area (Å²) in [7, 11) is 1.65. The second-order valence-corrected chi connectivity index (χ2v) is 8.20. The number of nitrogens with one attached hydrogen (secondary N) is 1. The molecule has 0 spiro atoms. The Bertz CT molecular complexity index is 1170. The number of hydrogen-bond donors (Lipinski definition) is 2. The van der Waals surface area contributed by atoms with Gasteiger partial charge in [0.15, 0.2) is 11.5 Å². The van der Waals surface area contributed by atoms with E-state index >= 15 is 0 Å². The third kappa shape index (κ3) is 4.33. The highest BCUT2D eigenvalue weighted by Crippen LogP contribution is 2.46. The van der Waals surface area contributed by atoms with Gasteiger partial charge in [0.05, 0.1) is 19.3 Å². The number of H-pyrrole nitrogens is 1. The minimum absolute atomic E-state index is 0.116. The number of nitrogens with zero attached hydrogens (tertiary/aromatic N) is 2. The third-order valence-corrected chi connectivity index (χ3v) is 5.90. The van der Waals surface area contributed by atoms with Crippen molar-refractivity contribution in [2.24, 2.45) is 0 Å². The summed E-state index contributed by atoms with van der Waals surface area (Å²) < 4.78 is 16.8. The minimum Gasteiger partial charge on any atom is -0.507 e. The molecule has 0 radical (unpaired) electrons. The number of methoxy groups -OCH3 is 1. The fourth-order valence-electron chi connectivity index (χ4n) is 4.44. The van der Waals surface area contributed by atoms with Crippen molar-refractivity contribution in [2.75, 3.05) is 33.5 Å². The summed E-state index contributed by atoms with van der Waals surface area (Å²) in [5.41, 5.74) is 4.20. The van der Waals surface area contributed by atoms with Crippen LogP contribution in [0.1, 0.15) is 53.5 Å². The van der Waals surface area contributed by atoms with Crippen LogP contribution < -0.4 is 9.47 Å². The Morgan fingerprint density at radius 3 is 2.59 bits per heavy atom. The van der Waals surface area contributed by atoms with Gasteiger partial charge in [0.25, 0.3) is 5.91 Å². The monoisotopic (exact) mass is 465 g/mol. The molecule has 2 N–H and O–H groups in total. The van der Waals surface area contributed by atoms with Crippen LogP contribution in [0.4, 0.5) is 0 Å². The smallest absolute Gasteiger partial charge is 0.273 e. The molecule has 34 heavy (non-hydrogen) atoms. The van der Waals surface area contributed by atoms with Gasteiger partial charge in [0.2, 0.25) is 0 Å². The Balaban J connectivity index is 1.86. The van der Waals surface area contributed by atoms with E-state index < -0.39 is 6.04 Å². The normalized spacial score (nSPS) is 15.0. The number of hydrogen-bond acceptors (Lipinski definition) is 6. The lowest BCUT2D eigenvalue weighted by Crippen LogP contribution is -2.31. The van der Waals surface area contributed by atoms with Gasteiger partial charge in [-0.25, -0.2) is 0 Å². The van der Waals surface area contributed by atoms with Crippen molar-refractivity contribution in [3.05, 3.63) is 58.8 Å². The standard InChI is InChI=1S/C26H31N3O5/c1-5-33-20-11-9-17(15-21(20)34-6-2)25-22-23(18-14-16(3)8-10-19(18)30)27-28-24(22)26(31)29(25)12-7-13-32-4/h8-11,14-15,25,30H,5-7,12-13H2,1-4H3,(H,27,28)/t25-/m0/s1. The Labute approximate surface area is 199 Å². The zero-order valence-corrected chi connectivity index (χ0v) is 20.1. The SMILES string of the molecule is CCOc1ccc([C@H]2c3c(-c4cc(C)ccc4O)n[nH]c3C(=O)N2CCCOC)cc1OCC. The number of aryl methyl sites for hydroxylation is 1. The number of rotatable bonds is 10. The Morgan fingerprint density at radius 2 is 1.85 bits per heavy atom. The number of ether oxygens (including phenoxy) is 3. The van der Waals surface area contributed by atoms with Crippen molar-refractivity contribution < 1.29 is 24.1 Å². The van der Waals surface area contributed by atoms with E-state index in [1.165, 1.54) is 0 Å². The van der Waals surface area contributed by atoms with Crippen LogP contribution in [0, 0.1) is 6.92 Å². The van der Waals surface area contributed by atoms with E-state index in [-0.39, 0.29) is 11.7 Å². The van der Waals surface area contributed by atoms with Gasteiger partial charge in [0, 0.05) is 31.4 Å². The molecule has 2 aromatic carbocycles. The average molecular weight is 466 g/mol. The number of aromatic nitrogens is 2. The number of phenols is 1. The first-order chi connectivity index (χ1) is 16.5. The second kappa shape index (κ2) is 10.2. The van der Waals surface area contributed by atoms with E-state index in [4.69, 9.17) is 14.2 Å². The number of aromatic amines is 1. The van der Waals surface area contributed by atoms with Crippen molar-refractivity contribution in [3.8, 4) is 28.5 Å². The first kappa shape index (κ1) is 23.6. The number of benzene rings is 2. The topological polar surface area (TPSA) is 96.9 Å². The zero-order valence-electron chi connectivity index (χ0n) is 20.1. The van der Waals surface area contributed by atoms with Gasteiger partial charge in [-0.1, -0.05) is 17.7 Å². The van der Waals surface area contributed by atoms with E-state index in [1.807, 2.05) is 56.0 Å². The lowest BCUT2D eigenvalue weighted by molar-refractivity contribution is 0.0723. The average Bonchev–Trinajstić information content (AvgIpc) is 3.36. The Morgan fingerprint density at radius 1 is 1.09 bits per heavy atom. The maximum Gasteiger partial charge on any atom is 0.273 e. The molecule has 0 saturated heterocycles. The number of aromatic hydroxyl groups is 1. The molecular weight excluding hydrogens is 434 g/mol. The van der Waals surface area contributed by atoms with Gasteiger partial charge in [-0.15, -0.1) is 0 Å². The van der Waals surface area contributed by atoms with Gasteiger partial charge in [-0.2, -0.15) is 5.10 Å². The van der Waals surface area contributed by atoms with Crippen molar-refractivity contribution in [1.82, 2.24) is 15.1 Å². The van der Waals surface area contributed by atoms with E-state index in [1.54, 1.807) is 13.2 Å². The molecule has 0 fully saturated rings. The number of phenolic OH excluding ortho intramolecular Hbond substituents is 1. The molecule has 1 amide bonds. The summed E-state index contributed by atoms with van der Waals surface area (Å²) in [6, 6.07) is 10.7. The molecule has 0 saturated carbocycles. The molecule has 0 bridgehead atoms. The highest BCUT2D eigenvalue weighted by Gasteiger charge is 2.42. The summed E-state index contributed by atoms with van der Waals surface area (Å²) >= 11 is 0. The van der Waals surface area contributed by atoms with Crippen LogP contribution in [0.3, 0.4) is 0 Å². The van der Waals surface area contributed by atoms with Crippen LogP contribution in [-0.4, -0.2) is 59.6 Å².